The quantitative estimate of drug-likeness (QED) is 0.915. The Kier molecular flexibility index (Phi) is 4.71. The minimum Gasteiger partial charge on any atom is -0.481 e. The number of nitrogens with zero attached hydrogens (tertiary/aromatic N) is 2. The summed E-state index contributed by atoms with van der Waals surface area (Å²) in [6.45, 7) is 2.55. The van der Waals surface area contributed by atoms with Crippen LogP contribution in [0, 0.1) is 6.92 Å². The first-order valence-electron chi connectivity index (χ1n) is 7.04. The first kappa shape index (κ1) is 14.5. The van der Waals surface area contributed by atoms with E-state index >= 15 is 0 Å². The van der Waals surface area contributed by atoms with E-state index in [9.17, 15) is 9.59 Å². The van der Waals surface area contributed by atoms with Crippen molar-refractivity contribution in [2.24, 2.45) is 0 Å². The van der Waals surface area contributed by atoms with Gasteiger partial charge in [-0.1, -0.05) is 6.07 Å². The average molecular weight is 276 g/mol. The molecule has 1 atom stereocenters. The Balaban J connectivity index is 2.10. The monoisotopic (exact) mass is 276 g/mol. The number of carbonyl (C=O) groups is 2. The van der Waals surface area contributed by atoms with Gasteiger partial charge in [-0.2, -0.15) is 0 Å². The van der Waals surface area contributed by atoms with E-state index in [4.69, 9.17) is 5.11 Å². The van der Waals surface area contributed by atoms with Gasteiger partial charge in [0, 0.05) is 24.7 Å². The van der Waals surface area contributed by atoms with Gasteiger partial charge in [0.1, 0.15) is 5.69 Å². The fourth-order valence-corrected chi connectivity index (χ4v) is 2.67. The van der Waals surface area contributed by atoms with Crippen molar-refractivity contribution in [1.29, 1.82) is 0 Å². The fourth-order valence-electron chi connectivity index (χ4n) is 2.67. The van der Waals surface area contributed by atoms with Gasteiger partial charge in [-0.15, -0.1) is 0 Å². The molecule has 1 aliphatic rings. The van der Waals surface area contributed by atoms with Crippen molar-refractivity contribution in [2.45, 2.75) is 45.1 Å². The van der Waals surface area contributed by atoms with Gasteiger partial charge in [0.05, 0.1) is 0 Å². The third-order valence-electron chi connectivity index (χ3n) is 3.69. The smallest absolute Gasteiger partial charge is 0.303 e. The molecular formula is C15H20N2O3. The van der Waals surface area contributed by atoms with Crippen LogP contribution in [0.5, 0.6) is 0 Å². The molecule has 5 heteroatoms. The lowest BCUT2D eigenvalue weighted by Gasteiger charge is -2.35. The number of aromatic nitrogens is 1. The van der Waals surface area contributed by atoms with Gasteiger partial charge in [0.2, 0.25) is 0 Å². The predicted molar refractivity (Wildman–Crippen MR) is 74.5 cm³/mol. The molecule has 2 heterocycles. The summed E-state index contributed by atoms with van der Waals surface area (Å²) in [5.41, 5.74) is 1.27. The molecule has 5 nitrogen and oxygen atoms in total. The Labute approximate surface area is 118 Å². The van der Waals surface area contributed by atoms with E-state index in [2.05, 4.69) is 4.98 Å². The van der Waals surface area contributed by atoms with Gasteiger partial charge in [-0.3, -0.25) is 9.59 Å². The first-order valence-corrected chi connectivity index (χ1v) is 7.04. The van der Waals surface area contributed by atoms with E-state index < -0.39 is 5.97 Å². The predicted octanol–water partition coefficient (Wildman–Crippen LogP) is 2.25. The molecule has 0 bridgehead atoms. The lowest BCUT2D eigenvalue weighted by Crippen LogP contribution is -2.44. The van der Waals surface area contributed by atoms with Crippen molar-refractivity contribution >= 4 is 11.9 Å². The average Bonchev–Trinajstić information content (AvgIpc) is 2.44. The van der Waals surface area contributed by atoms with Crippen molar-refractivity contribution in [3.8, 4) is 0 Å². The van der Waals surface area contributed by atoms with E-state index in [0.717, 1.165) is 25.0 Å². The Morgan fingerprint density at radius 3 is 2.90 bits per heavy atom. The molecule has 20 heavy (non-hydrogen) atoms. The number of amides is 1. The van der Waals surface area contributed by atoms with Gasteiger partial charge < -0.3 is 10.0 Å². The van der Waals surface area contributed by atoms with Crippen LogP contribution >= 0.6 is 0 Å². The highest BCUT2D eigenvalue weighted by atomic mass is 16.4. The van der Waals surface area contributed by atoms with E-state index in [0.29, 0.717) is 18.7 Å². The van der Waals surface area contributed by atoms with Crippen molar-refractivity contribution in [2.75, 3.05) is 6.54 Å². The van der Waals surface area contributed by atoms with Crippen LogP contribution in [0.1, 0.15) is 48.3 Å². The van der Waals surface area contributed by atoms with Crippen LogP contribution in [0.15, 0.2) is 18.2 Å². The zero-order valence-electron chi connectivity index (χ0n) is 11.7. The Bertz CT molecular complexity index is 502. The highest BCUT2D eigenvalue weighted by Crippen LogP contribution is 2.22. The molecule has 0 aliphatic carbocycles. The van der Waals surface area contributed by atoms with Crippen LogP contribution in [0.2, 0.25) is 0 Å². The van der Waals surface area contributed by atoms with Crippen molar-refractivity contribution < 1.29 is 14.7 Å². The summed E-state index contributed by atoms with van der Waals surface area (Å²) in [4.78, 5) is 29.3. The van der Waals surface area contributed by atoms with Gasteiger partial charge in [0.25, 0.3) is 5.91 Å². The molecule has 0 saturated carbocycles. The standard InChI is InChI=1S/C15H20N2O3/c1-11-5-4-7-13(16-11)15(20)17-10-3-2-6-12(17)8-9-14(18)19/h4-5,7,12H,2-3,6,8-10H2,1H3,(H,18,19). The summed E-state index contributed by atoms with van der Waals surface area (Å²) in [5.74, 6) is -0.888. The maximum Gasteiger partial charge on any atom is 0.303 e. The highest BCUT2D eigenvalue weighted by Gasteiger charge is 2.28. The summed E-state index contributed by atoms with van der Waals surface area (Å²) < 4.78 is 0. The molecular weight excluding hydrogens is 256 g/mol. The number of rotatable bonds is 4. The van der Waals surface area contributed by atoms with Gasteiger partial charge in [0.15, 0.2) is 0 Å². The number of pyridine rings is 1. The number of carbonyl (C=O) groups excluding carboxylic acids is 1. The highest BCUT2D eigenvalue weighted by molar-refractivity contribution is 5.92. The summed E-state index contributed by atoms with van der Waals surface area (Å²) in [6.07, 6.45) is 3.53. The van der Waals surface area contributed by atoms with Gasteiger partial charge >= 0.3 is 5.97 Å². The SMILES string of the molecule is Cc1cccc(C(=O)N2CCCCC2CCC(=O)O)n1. The number of carboxylic acids is 1. The maximum absolute atomic E-state index is 12.5. The number of aliphatic carboxylic acids is 1. The van der Waals surface area contributed by atoms with Gasteiger partial charge in [-0.25, -0.2) is 4.98 Å². The minimum absolute atomic E-state index is 0.0228. The Hall–Kier alpha value is -1.91. The zero-order chi connectivity index (χ0) is 14.5. The molecule has 0 aromatic carbocycles. The number of hydrogen-bond acceptors (Lipinski definition) is 3. The Morgan fingerprint density at radius 1 is 1.40 bits per heavy atom. The van der Waals surface area contributed by atoms with Gasteiger partial charge in [-0.05, 0) is 44.7 Å². The third-order valence-corrected chi connectivity index (χ3v) is 3.69. The third kappa shape index (κ3) is 3.56. The number of likely N-dealkylation sites (tertiary alicyclic amines) is 1. The lowest BCUT2D eigenvalue weighted by atomic mass is 9.97. The van der Waals surface area contributed by atoms with Crippen molar-refractivity contribution in [3.05, 3.63) is 29.6 Å². The van der Waals surface area contributed by atoms with E-state index in [1.54, 1.807) is 11.0 Å². The normalized spacial score (nSPS) is 18.9. The van der Waals surface area contributed by atoms with Crippen LogP contribution < -0.4 is 0 Å². The largest absolute Gasteiger partial charge is 0.481 e. The molecule has 1 N–H and O–H groups in total. The fraction of sp³-hybridized carbons (Fsp3) is 0.533. The zero-order valence-corrected chi connectivity index (χ0v) is 11.7. The van der Waals surface area contributed by atoms with Crippen LogP contribution in [0.3, 0.4) is 0 Å². The van der Waals surface area contributed by atoms with E-state index in [-0.39, 0.29) is 18.4 Å². The molecule has 2 rings (SSSR count). The molecule has 1 amide bonds. The van der Waals surface area contributed by atoms with E-state index in [1.807, 2.05) is 19.1 Å². The maximum atomic E-state index is 12.5. The topological polar surface area (TPSA) is 70.5 Å². The van der Waals surface area contributed by atoms with Crippen molar-refractivity contribution in [3.63, 3.8) is 0 Å². The molecule has 1 unspecified atom stereocenters. The Morgan fingerprint density at radius 2 is 2.20 bits per heavy atom. The lowest BCUT2D eigenvalue weighted by molar-refractivity contribution is -0.137. The molecule has 1 aliphatic heterocycles. The summed E-state index contributed by atoms with van der Waals surface area (Å²) in [5, 5.41) is 8.81. The molecule has 108 valence electrons. The minimum atomic E-state index is -0.809. The summed E-state index contributed by atoms with van der Waals surface area (Å²) in [6, 6.07) is 5.42. The number of aryl methyl sites for hydroxylation is 1. The molecule has 1 aromatic heterocycles. The second-order valence-electron chi connectivity index (χ2n) is 5.24. The second-order valence-corrected chi connectivity index (χ2v) is 5.24. The van der Waals surface area contributed by atoms with E-state index in [1.165, 1.54) is 0 Å². The molecule has 1 saturated heterocycles. The molecule has 1 aromatic rings. The summed E-state index contributed by atoms with van der Waals surface area (Å²) in [7, 11) is 0. The number of piperidine rings is 1. The summed E-state index contributed by atoms with van der Waals surface area (Å²) >= 11 is 0. The van der Waals surface area contributed by atoms with Crippen molar-refractivity contribution in [1.82, 2.24) is 9.88 Å². The molecule has 1 fully saturated rings. The molecule has 0 radical (unpaired) electrons. The van der Waals surface area contributed by atoms with Crippen LogP contribution in [0.25, 0.3) is 0 Å². The number of hydrogen-bond donors (Lipinski definition) is 1. The number of carboxylic acid groups (broad SMARTS) is 1. The molecule has 0 spiro atoms. The first-order chi connectivity index (χ1) is 9.58. The second kappa shape index (κ2) is 6.50. The van der Waals surface area contributed by atoms with Crippen LogP contribution in [-0.2, 0) is 4.79 Å². The van der Waals surface area contributed by atoms with Crippen LogP contribution in [-0.4, -0.2) is 39.5 Å². The van der Waals surface area contributed by atoms with Crippen LogP contribution in [0.4, 0.5) is 0 Å².